The van der Waals surface area contributed by atoms with E-state index >= 15 is 0 Å². The average molecular weight is 216 g/mol. The summed E-state index contributed by atoms with van der Waals surface area (Å²) in [6, 6.07) is 9.76. The lowest BCUT2D eigenvalue weighted by Crippen LogP contribution is -2.17. The Morgan fingerprint density at radius 3 is 2.45 bits per heavy atom. The van der Waals surface area contributed by atoms with Crippen molar-refractivity contribution >= 4 is 15.9 Å². The van der Waals surface area contributed by atoms with Crippen LogP contribution >= 0.6 is 15.9 Å². The Kier molecular flexibility index (Phi) is 3.56. The minimum atomic E-state index is -0.0174. The van der Waals surface area contributed by atoms with Crippen LogP contribution < -0.4 is 5.48 Å². The molecule has 0 aliphatic rings. The molecule has 1 atom stereocenters. The van der Waals surface area contributed by atoms with E-state index in [4.69, 9.17) is 5.21 Å². The Bertz CT molecular complexity index is 199. The van der Waals surface area contributed by atoms with Gasteiger partial charge in [0, 0.05) is 5.33 Å². The zero-order valence-corrected chi connectivity index (χ0v) is 7.58. The summed E-state index contributed by atoms with van der Waals surface area (Å²) in [7, 11) is 0. The molecule has 0 heterocycles. The zero-order valence-electron chi connectivity index (χ0n) is 6.00. The van der Waals surface area contributed by atoms with Gasteiger partial charge in [-0.15, -0.1) is 0 Å². The van der Waals surface area contributed by atoms with E-state index in [1.165, 1.54) is 0 Å². The zero-order chi connectivity index (χ0) is 8.10. The first-order valence-electron chi connectivity index (χ1n) is 3.39. The van der Waals surface area contributed by atoms with Gasteiger partial charge in [-0.25, -0.2) is 0 Å². The van der Waals surface area contributed by atoms with E-state index in [1.54, 1.807) is 0 Å². The van der Waals surface area contributed by atoms with Gasteiger partial charge in [-0.3, -0.25) is 0 Å². The van der Waals surface area contributed by atoms with Crippen LogP contribution in [0.1, 0.15) is 11.6 Å². The lowest BCUT2D eigenvalue weighted by Gasteiger charge is -2.10. The molecule has 3 heteroatoms. The van der Waals surface area contributed by atoms with Gasteiger partial charge >= 0.3 is 0 Å². The van der Waals surface area contributed by atoms with Crippen LogP contribution in [0.5, 0.6) is 0 Å². The quantitative estimate of drug-likeness (QED) is 0.599. The maximum atomic E-state index is 8.70. The second-order valence-corrected chi connectivity index (χ2v) is 2.89. The Morgan fingerprint density at radius 1 is 1.36 bits per heavy atom. The molecule has 2 nitrogen and oxygen atoms in total. The molecule has 0 saturated heterocycles. The number of hydrogen-bond acceptors (Lipinski definition) is 2. The summed E-state index contributed by atoms with van der Waals surface area (Å²) in [4.78, 5) is 0. The Morgan fingerprint density at radius 2 is 2.00 bits per heavy atom. The maximum Gasteiger partial charge on any atom is 0.0665 e. The van der Waals surface area contributed by atoms with Gasteiger partial charge in [-0.05, 0) is 5.56 Å². The number of hydrogen-bond donors (Lipinski definition) is 2. The number of halogens is 1. The smallest absolute Gasteiger partial charge is 0.0665 e. The van der Waals surface area contributed by atoms with Crippen LogP contribution in [0.4, 0.5) is 0 Å². The van der Waals surface area contributed by atoms with Crippen molar-refractivity contribution < 1.29 is 5.21 Å². The monoisotopic (exact) mass is 215 g/mol. The molecular weight excluding hydrogens is 206 g/mol. The van der Waals surface area contributed by atoms with Crippen molar-refractivity contribution in [3.05, 3.63) is 35.9 Å². The number of nitrogens with one attached hydrogen (secondary N) is 1. The molecule has 0 amide bonds. The van der Waals surface area contributed by atoms with Crippen LogP contribution in [0.2, 0.25) is 0 Å². The second-order valence-electron chi connectivity index (χ2n) is 2.25. The van der Waals surface area contributed by atoms with E-state index in [1.807, 2.05) is 30.3 Å². The van der Waals surface area contributed by atoms with Crippen molar-refractivity contribution in [1.29, 1.82) is 0 Å². The van der Waals surface area contributed by atoms with Crippen molar-refractivity contribution in [1.82, 2.24) is 5.48 Å². The average Bonchev–Trinajstić information content (AvgIpc) is 2.09. The molecule has 0 aliphatic carbocycles. The molecular formula is C8H10BrNO. The lowest BCUT2D eigenvalue weighted by atomic mass is 10.1. The van der Waals surface area contributed by atoms with Crippen LogP contribution in [0, 0.1) is 0 Å². The predicted octanol–water partition coefficient (Wildman–Crippen LogP) is 2.10. The van der Waals surface area contributed by atoms with Gasteiger partial charge in [0.25, 0.3) is 0 Å². The molecule has 0 spiro atoms. The fourth-order valence-electron chi connectivity index (χ4n) is 0.883. The highest BCUT2D eigenvalue weighted by atomic mass is 79.9. The number of rotatable bonds is 3. The largest absolute Gasteiger partial charge is 0.316 e. The molecule has 1 aromatic rings. The first-order chi connectivity index (χ1) is 5.38. The van der Waals surface area contributed by atoms with Gasteiger partial charge in [0.2, 0.25) is 0 Å². The first kappa shape index (κ1) is 8.71. The predicted molar refractivity (Wildman–Crippen MR) is 47.9 cm³/mol. The Hall–Kier alpha value is -0.380. The standard InChI is InChI=1S/C8H10BrNO/c9-6-8(10-11)7-4-2-1-3-5-7/h1-5,8,10-11H,6H2. The van der Waals surface area contributed by atoms with Gasteiger partial charge in [0.1, 0.15) is 0 Å². The molecule has 1 rings (SSSR count). The lowest BCUT2D eigenvalue weighted by molar-refractivity contribution is 0.135. The van der Waals surface area contributed by atoms with Gasteiger partial charge in [-0.2, -0.15) is 5.48 Å². The highest BCUT2D eigenvalue weighted by molar-refractivity contribution is 9.09. The molecule has 2 N–H and O–H groups in total. The molecule has 0 bridgehead atoms. The molecule has 1 unspecified atom stereocenters. The number of hydroxylamine groups is 1. The van der Waals surface area contributed by atoms with Crippen molar-refractivity contribution in [2.24, 2.45) is 0 Å². The number of benzene rings is 1. The summed E-state index contributed by atoms with van der Waals surface area (Å²) in [5.74, 6) is 0. The summed E-state index contributed by atoms with van der Waals surface area (Å²) in [6.45, 7) is 0. The van der Waals surface area contributed by atoms with Crippen LogP contribution in [0.15, 0.2) is 30.3 Å². The minimum Gasteiger partial charge on any atom is -0.316 e. The maximum absolute atomic E-state index is 8.70. The normalized spacial score (nSPS) is 12.9. The topological polar surface area (TPSA) is 32.3 Å². The van der Waals surface area contributed by atoms with Crippen molar-refractivity contribution in [2.75, 3.05) is 5.33 Å². The number of alkyl halides is 1. The molecule has 0 radical (unpaired) electrons. The van der Waals surface area contributed by atoms with E-state index in [2.05, 4.69) is 21.4 Å². The summed E-state index contributed by atoms with van der Waals surface area (Å²) < 4.78 is 0. The molecule has 0 saturated carbocycles. The van der Waals surface area contributed by atoms with Crippen molar-refractivity contribution in [3.8, 4) is 0 Å². The van der Waals surface area contributed by atoms with E-state index in [0.29, 0.717) is 5.33 Å². The highest BCUT2D eigenvalue weighted by Crippen LogP contribution is 2.13. The van der Waals surface area contributed by atoms with Crippen molar-refractivity contribution in [2.45, 2.75) is 6.04 Å². The summed E-state index contributed by atoms with van der Waals surface area (Å²) >= 11 is 3.29. The molecule has 11 heavy (non-hydrogen) atoms. The third-order valence-electron chi connectivity index (χ3n) is 1.51. The Labute approximate surface area is 74.3 Å². The fraction of sp³-hybridized carbons (Fsp3) is 0.250. The molecule has 60 valence electrons. The minimum absolute atomic E-state index is 0.0174. The second kappa shape index (κ2) is 4.49. The third kappa shape index (κ3) is 2.29. The molecule has 0 aliphatic heterocycles. The van der Waals surface area contributed by atoms with E-state index in [9.17, 15) is 0 Å². The van der Waals surface area contributed by atoms with Crippen LogP contribution in [-0.4, -0.2) is 10.5 Å². The van der Waals surface area contributed by atoms with Crippen LogP contribution in [0.25, 0.3) is 0 Å². The van der Waals surface area contributed by atoms with Gasteiger partial charge in [0.05, 0.1) is 6.04 Å². The van der Waals surface area contributed by atoms with Gasteiger partial charge < -0.3 is 5.21 Å². The molecule has 0 fully saturated rings. The molecule has 0 aromatic heterocycles. The van der Waals surface area contributed by atoms with Crippen molar-refractivity contribution in [3.63, 3.8) is 0 Å². The van der Waals surface area contributed by atoms with E-state index < -0.39 is 0 Å². The van der Waals surface area contributed by atoms with E-state index in [-0.39, 0.29) is 6.04 Å². The fourth-order valence-corrected chi connectivity index (χ4v) is 1.40. The summed E-state index contributed by atoms with van der Waals surface area (Å²) in [6.07, 6.45) is 0. The van der Waals surface area contributed by atoms with E-state index in [0.717, 1.165) is 5.56 Å². The first-order valence-corrected chi connectivity index (χ1v) is 4.51. The van der Waals surface area contributed by atoms with Crippen LogP contribution in [-0.2, 0) is 0 Å². The van der Waals surface area contributed by atoms with Gasteiger partial charge in [-0.1, -0.05) is 46.3 Å². The van der Waals surface area contributed by atoms with Crippen LogP contribution in [0.3, 0.4) is 0 Å². The SMILES string of the molecule is ONC(CBr)c1ccccc1. The van der Waals surface area contributed by atoms with Gasteiger partial charge in [0.15, 0.2) is 0 Å². The highest BCUT2D eigenvalue weighted by Gasteiger charge is 2.05. The molecule has 1 aromatic carbocycles. The summed E-state index contributed by atoms with van der Waals surface area (Å²) in [5, 5.41) is 9.40. The third-order valence-corrected chi connectivity index (χ3v) is 2.16. The summed E-state index contributed by atoms with van der Waals surface area (Å²) in [5.41, 5.74) is 3.30. The Balaban J connectivity index is 2.74.